The number of nitrogens with one attached hydrogen (secondary N) is 1. The summed E-state index contributed by atoms with van der Waals surface area (Å²) in [7, 11) is -3.64. The molecule has 1 aromatic heterocycles. The molecule has 3 N–H and O–H groups in total. The van der Waals surface area contributed by atoms with Crippen molar-refractivity contribution in [2.24, 2.45) is 0 Å². The van der Waals surface area contributed by atoms with E-state index >= 15 is 0 Å². The number of halogens is 1. The van der Waals surface area contributed by atoms with Gasteiger partial charge in [-0.3, -0.25) is 0 Å². The normalized spacial score (nSPS) is 11.4. The molecule has 5 nitrogen and oxygen atoms in total. The topological polar surface area (TPSA) is 85.1 Å². The van der Waals surface area contributed by atoms with Crippen molar-refractivity contribution in [3.63, 3.8) is 0 Å². The molecule has 2 rings (SSSR count). The van der Waals surface area contributed by atoms with Gasteiger partial charge in [-0.15, -0.1) is 0 Å². The number of anilines is 1. The largest absolute Gasteiger partial charge is 0.383 e. The molecule has 0 saturated heterocycles. The maximum atomic E-state index is 12.1. The number of nitrogen functional groups attached to an aromatic ring is 1. The van der Waals surface area contributed by atoms with E-state index in [1.807, 2.05) is 12.1 Å². The summed E-state index contributed by atoms with van der Waals surface area (Å²) in [6, 6.07) is 10.2. The Morgan fingerprint density at radius 1 is 1.25 bits per heavy atom. The Bertz CT molecular complexity index is 704. The van der Waals surface area contributed by atoms with Crippen LogP contribution in [0.3, 0.4) is 0 Å². The van der Waals surface area contributed by atoms with Crippen molar-refractivity contribution in [1.29, 1.82) is 0 Å². The standard InChI is InChI=1S/C13H14ClN3O2S/c14-11-4-1-3-10(9-11)6-8-17-20(18,19)12-5-2-7-16-13(12)15/h1-5,7,9,17H,6,8H2,(H2,15,16). The van der Waals surface area contributed by atoms with Gasteiger partial charge in [0.05, 0.1) is 0 Å². The highest BCUT2D eigenvalue weighted by molar-refractivity contribution is 7.89. The lowest BCUT2D eigenvalue weighted by Gasteiger charge is -2.08. The fraction of sp³-hybridized carbons (Fsp3) is 0.154. The van der Waals surface area contributed by atoms with Gasteiger partial charge >= 0.3 is 0 Å². The zero-order valence-corrected chi connectivity index (χ0v) is 12.2. The lowest BCUT2D eigenvalue weighted by atomic mass is 10.2. The second-order valence-electron chi connectivity index (χ2n) is 4.16. The van der Waals surface area contributed by atoms with Crippen LogP contribution in [-0.2, 0) is 16.4 Å². The maximum Gasteiger partial charge on any atom is 0.244 e. The average molecular weight is 312 g/mol. The number of rotatable bonds is 5. The van der Waals surface area contributed by atoms with Gasteiger partial charge in [-0.25, -0.2) is 18.1 Å². The number of hydrogen-bond donors (Lipinski definition) is 2. The predicted octanol–water partition coefficient (Wildman–Crippen LogP) is 1.84. The third-order valence-electron chi connectivity index (χ3n) is 2.68. The maximum absolute atomic E-state index is 12.1. The van der Waals surface area contributed by atoms with Crippen LogP contribution in [0.4, 0.5) is 5.82 Å². The van der Waals surface area contributed by atoms with Crippen molar-refractivity contribution in [1.82, 2.24) is 9.71 Å². The van der Waals surface area contributed by atoms with Crippen molar-refractivity contribution in [3.05, 3.63) is 53.2 Å². The van der Waals surface area contributed by atoms with Crippen LogP contribution in [0, 0.1) is 0 Å². The monoisotopic (exact) mass is 311 g/mol. The Hall–Kier alpha value is -1.63. The molecule has 0 atom stereocenters. The smallest absolute Gasteiger partial charge is 0.244 e. The van der Waals surface area contributed by atoms with E-state index in [0.717, 1.165) is 5.56 Å². The third kappa shape index (κ3) is 3.69. The summed E-state index contributed by atoms with van der Waals surface area (Å²) in [4.78, 5) is 3.76. The summed E-state index contributed by atoms with van der Waals surface area (Å²) in [5.74, 6) is -0.0113. The molecular formula is C13H14ClN3O2S. The van der Waals surface area contributed by atoms with Crippen LogP contribution in [0.25, 0.3) is 0 Å². The van der Waals surface area contributed by atoms with E-state index in [2.05, 4.69) is 9.71 Å². The molecule has 0 spiro atoms. The number of sulfonamides is 1. The van der Waals surface area contributed by atoms with Gasteiger partial charge in [-0.2, -0.15) is 0 Å². The number of nitrogens with zero attached hydrogens (tertiary/aromatic N) is 1. The first-order valence-electron chi connectivity index (χ1n) is 5.93. The first-order chi connectivity index (χ1) is 9.49. The highest BCUT2D eigenvalue weighted by Crippen LogP contribution is 2.14. The molecule has 0 aliphatic carbocycles. The molecular weight excluding hydrogens is 298 g/mol. The molecule has 0 amide bonds. The predicted molar refractivity (Wildman–Crippen MR) is 79.0 cm³/mol. The Morgan fingerprint density at radius 3 is 2.75 bits per heavy atom. The van der Waals surface area contributed by atoms with E-state index in [1.54, 1.807) is 12.1 Å². The first kappa shape index (κ1) is 14.8. The molecule has 0 bridgehead atoms. The quantitative estimate of drug-likeness (QED) is 0.882. The molecule has 1 heterocycles. The second kappa shape index (κ2) is 6.21. The van der Waals surface area contributed by atoms with E-state index in [0.29, 0.717) is 11.4 Å². The van der Waals surface area contributed by atoms with E-state index in [4.69, 9.17) is 17.3 Å². The van der Waals surface area contributed by atoms with Gasteiger partial charge in [-0.1, -0.05) is 23.7 Å². The summed E-state index contributed by atoms with van der Waals surface area (Å²) < 4.78 is 26.6. The molecule has 106 valence electrons. The molecule has 1 aromatic carbocycles. The number of hydrogen-bond acceptors (Lipinski definition) is 4. The lowest BCUT2D eigenvalue weighted by Crippen LogP contribution is -2.27. The third-order valence-corrected chi connectivity index (χ3v) is 4.43. The summed E-state index contributed by atoms with van der Waals surface area (Å²) in [6.45, 7) is 0.261. The summed E-state index contributed by atoms with van der Waals surface area (Å²) in [5.41, 5.74) is 6.52. The molecule has 0 saturated carbocycles. The average Bonchev–Trinajstić information content (AvgIpc) is 2.39. The number of nitrogens with two attached hydrogens (primary N) is 1. The van der Waals surface area contributed by atoms with Crippen LogP contribution in [0.15, 0.2) is 47.5 Å². The van der Waals surface area contributed by atoms with Crippen LogP contribution < -0.4 is 10.5 Å². The molecule has 0 aliphatic rings. The van der Waals surface area contributed by atoms with Crippen molar-refractivity contribution < 1.29 is 8.42 Å². The summed E-state index contributed by atoms with van der Waals surface area (Å²) in [5, 5.41) is 0.627. The minimum absolute atomic E-state index is 0.00825. The Kier molecular flexibility index (Phi) is 4.59. The molecule has 0 fully saturated rings. The Labute approximate surface area is 122 Å². The van der Waals surface area contributed by atoms with Gasteiger partial charge in [0.15, 0.2) is 0 Å². The van der Waals surface area contributed by atoms with Gasteiger partial charge in [0.1, 0.15) is 10.7 Å². The zero-order chi connectivity index (χ0) is 14.6. The van der Waals surface area contributed by atoms with Crippen LogP contribution in [0.5, 0.6) is 0 Å². The van der Waals surface area contributed by atoms with Gasteiger partial charge in [0, 0.05) is 17.8 Å². The summed E-state index contributed by atoms with van der Waals surface area (Å²) in [6.07, 6.45) is 1.99. The highest BCUT2D eigenvalue weighted by Gasteiger charge is 2.16. The van der Waals surface area contributed by atoms with Crippen molar-refractivity contribution >= 4 is 27.4 Å². The van der Waals surface area contributed by atoms with Gasteiger partial charge in [0.2, 0.25) is 10.0 Å². The van der Waals surface area contributed by atoms with Crippen LogP contribution >= 0.6 is 11.6 Å². The number of pyridine rings is 1. The van der Waals surface area contributed by atoms with E-state index < -0.39 is 10.0 Å². The van der Waals surface area contributed by atoms with Gasteiger partial charge in [-0.05, 0) is 36.2 Å². The lowest BCUT2D eigenvalue weighted by molar-refractivity contribution is 0.581. The Morgan fingerprint density at radius 2 is 2.05 bits per heavy atom. The van der Waals surface area contributed by atoms with E-state index in [1.165, 1.54) is 18.3 Å². The molecule has 20 heavy (non-hydrogen) atoms. The minimum atomic E-state index is -3.64. The fourth-order valence-electron chi connectivity index (χ4n) is 1.73. The highest BCUT2D eigenvalue weighted by atomic mass is 35.5. The first-order valence-corrected chi connectivity index (χ1v) is 7.80. The number of aromatic nitrogens is 1. The summed E-state index contributed by atoms with van der Waals surface area (Å²) >= 11 is 5.87. The minimum Gasteiger partial charge on any atom is -0.383 e. The molecule has 0 radical (unpaired) electrons. The van der Waals surface area contributed by atoms with Gasteiger partial charge in [0.25, 0.3) is 0 Å². The molecule has 0 unspecified atom stereocenters. The second-order valence-corrected chi connectivity index (χ2v) is 6.34. The molecule has 0 aliphatic heterocycles. The Balaban J connectivity index is 2.02. The molecule has 2 aromatic rings. The fourth-order valence-corrected chi connectivity index (χ4v) is 3.05. The van der Waals surface area contributed by atoms with Gasteiger partial charge < -0.3 is 5.73 Å². The SMILES string of the molecule is Nc1ncccc1S(=O)(=O)NCCc1cccc(Cl)c1. The number of benzene rings is 1. The van der Waals surface area contributed by atoms with Crippen molar-refractivity contribution in [3.8, 4) is 0 Å². The van der Waals surface area contributed by atoms with Crippen LogP contribution in [-0.4, -0.2) is 19.9 Å². The van der Waals surface area contributed by atoms with E-state index in [9.17, 15) is 8.42 Å². The molecule has 7 heteroatoms. The van der Waals surface area contributed by atoms with Crippen LogP contribution in [0.1, 0.15) is 5.56 Å². The van der Waals surface area contributed by atoms with Crippen LogP contribution in [0.2, 0.25) is 5.02 Å². The zero-order valence-electron chi connectivity index (χ0n) is 10.6. The van der Waals surface area contributed by atoms with Crippen molar-refractivity contribution in [2.45, 2.75) is 11.3 Å². The van der Waals surface area contributed by atoms with E-state index in [-0.39, 0.29) is 17.3 Å². The van der Waals surface area contributed by atoms with Crippen molar-refractivity contribution in [2.75, 3.05) is 12.3 Å².